The molecule has 104 valence electrons. The number of hydrogen-bond acceptors (Lipinski definition) is 5. The van der Waals surface area contributed by atoms with Crippen LogP contribution in [0, 0.1) is 12.3 Å². The van der Waals surface area contributed by atoms with Gasteiger partial charge < -0.3 is 19.5 Å². The van der Waals surface area contributed by atoms with Crippen molar-refractivity contribution < 1.29 is 19.1 Å². The lowest BCUT2D eigenvalue weighted by molar-refractivity contribution is -0.144. The topological polar surface area (TPSA) is 81.4 Å². The molecule has 0 saturated carbocycles. The van der Waals surface area contributed by atoms with Crippen LogP contribution in [-0.2, 0) is 14.3 Å². The molecule has 6 nitrogen and oxygen atoms in total. The fourth-order valence-corrected chi connectivity index (χ4v) is 1.77. The zero-order valence-corrected chi connectivity index (χ0v) is 11.3. The fourth-order valence-electron chi connectivity index (χ4n) is 1.77. The summed E-state index contributed by atoms with van der Waals surface area (Å²) in [5.74, 6) is -1.09. The maximum absolute atomic E-state index is 11.8. The summed E-state index contributed by atoms with van der Waals surface area (Å²) in [6, 6.07) is 2.32. The van der Waals surface area contributed by atoms with Gasteiger partial charge in [-0.1, -0.05) is 0 Å². The highest BCUT2D eigenvalue weighted by Gasteiger charge is 2.26. The minimum Gasteiger partial charge on any atom is -0.464 e. The van der Waals surface area contributed by atoms with E-state index in [2.05, 4.69) is 0 Å². The summed E-state index contributed by atoms with van der Waals surface area (Å²) in [5.41, 5.74) is 0.922. The standard InChI is InChI=1S/C13H18N2O4/c1-4-18-12(16)10-7-6-9(3)15(10)11(8-14)13(17)19-5-2/h6-8,11,14H,4-5H2,1-3H3. The molecule has 6 heteroatoms. The second kappa shape index (κ2) is 6.72. The number of nitrogens with zero attached hydrogens (tertiary/aromatic N) is 1. The Bertz CT molecular complexity index is 479. The zero-order chi connectivity index (χ0) is 14.4. The Hall–Kier alpha value is -2.11. The number of ether oxygens (including phenoxy) is 2. The van der Waals surface area contributed by atoms with Gasteiger partial charge in [-0.3, -0.25) is 0 Å². The first-order valence-corrected chi connectivity index (χ1v) is 6.08. The molecular formula is C13H18N2O4. The van der Waals surface area contributed by atoms with Crippen molar-refractivity contribution in [3.05, 3.63) is 23.5 Å². The molecule has 1 rings (SSSR count). The van der Waals surface area contributed by atoms with Gasteiger partial charge in [-0.05, 0) is 32.9 Å². The molecule has 1 aromatic heterocycles. The molecule has 0 spiro atoms. The first kappa shape index (κ1) is 14.9. The molecule has 1 heterocycles. The van der Waals surface area contributed by atoms with E-state index in [9.17, 15) is 9.59 Å². The molecule has 0 fully saturated rings. The van der Waals surface area contributed by atoms with Gasteiger partial charge in [0.05, 0.1) is 13.2 Å². The highest BCUT2D eigenvalue weighted by atomic mass is 16.5. The zero-order valence-electron chi connectivity index (χ0n) is 11.3. The molecular weight excluding hydrogens is 248 g/mol. The Morgan fingerprint density at radius 2 is 1.95 bits per heavy atom. The molecule has 1 N–H and O–H groups in total. The van der Waals surface area contributed by atoms with Gasteiger partial charge in [-0.15, -0.1) is 0 Å². The van der Waals surface area contributed by atoms with Gasteiger partial charge in [-0.2, -0.15) is 0 Å². The lowest BCUT2D eigenvalue weighted by atomic mass is 10.3. The maximum atomic E-state index is 11.8. The second-order valence-corrected chi connectivity index (χ2v) is 3.81. The Kier molecular flexibility index (Phi) is 5.29. The highest BCUT2D eigenvalue weighted by Crippen LogP contribution is 2.17. The molecule has 19 heavy (non-hydrogen) atoms. The summed E-state index contributed by atoms with van der Waals surface area (Å²) < 4.78 is 11.3. The van der Waals surface area contributed by atoms with Gasteiger partial charge in [0.15, 0.2) is 6.04 Å². The third kappa shape index (κ3) is 3.21. The molecule has 0 saturated heterocycles. The van der Waals surface area contributed by atoms with Crippen molar-refractivity contribution in [2.75, 3.05) is 13.2 Å². The van der Waals surface area contributed by atoms with Crippen molar-refractivity contribution in [2.45, 2.75) is 26.8 Å². The second-order valence-electron chi connectivity index (χ2n) is 3.81. The van der Waals surface area contributed by atoms with Crippen molar-refractivity contribution >= 4 is 18.2 Å². The van der Waals surface area contributed by atoms with Crippen LogP contribution in [0.25, 0.3) is 0 Å². The molecule has 0 radical (unpaired) electrons. The molecule has 0 aromatic carbocycles. The molecule has 0 aliphatic rings. The van der Waals surface area contributed by atoms with Crippen LogP contribution in [0.15, 0.2) is 12.1 Å². The number of carbonyl (C=O) groups is 2. The van der Waals surface area contributed by atoms with Gasteiger partial charge in [0.1, 0.15) is 5.69 Å². The highest BCUT2D eigenvalue weighted by molar-refractivity contribution is 5.94. The Balaban J connectivity index is 3.16. The van der Waals surface area contributed by atoms with E-state index in [0.29, 0.717) is 5.69 Å². The van der Waals surface area contributed by atoms with Crippen LogP contribution < -0.4 is 0 Å². The monoisotopic (exact) mass is 266 g/mol. The predicted octanol–water partition coefficient (Wildman–Crippen LogP) is 1.73. The van der Waals surface area contributed by atoms with Crippen molar-refractivity contribution in [1.82, 2.24) is 4.57 Å². The SMILES string of the molecule is CCOC(=O)c1ccc(C)n1C(C=N)C(=O)OCC. The average molecular weight is 266 g/mol. The predicted molar refractivity (Wildman–Crippen MR) is 69.6 cm³/mol. The smallest absolute Gasteiger partial charge is 0.354 e. The quantitative estimate of drug-likeness (QED) is 0.628. The Morgan fingerprint density at radius 1 is 1.32 bits per heavy atom. The van der Waals surface area contributed by atoms with Gasteiger partial charge in [0, 0.05) is 11.9 Å². The molecule has 1 unspecified atom stereocenters. The van der Waals surface area contributed by atoms with Crippen molar-refractivity contribution in [1.29, 1.82) is 5.41 Å². The van der Waals surface area contributed by atoms with E-state index in [0.717, 1.165) is 6.21 Å². The molecule has 0 aliphatic carbocycles. The Labute approximate surface area is 111 Å². The lowest BCUT2D eigenvalue weighted by Gasteiger charge is -2.17. The molecule has 0 bridgehead atoms. The first-order valence-electron chi connectivity index (χ1n) is 6.08. The molecule has 0 amide bonds. The van der Waals surface area contributed by atoms with Crippen LogP contribution in [0.3, 0.4) is 0 Å². The number of hydrogen-bond donors (Lipinski definition) is 1. The van der Waals surface area contributed by atoms with E-state index in [1.165, 1.54) is 4.57 Å². The molecule has 0 aliphatic heterocycles. The number of aromatic nitrogens is 1. The summed E-state index contributed by atoms with van der Waals surface area (Å²) in [6.45, 7) is 5.61. The van der Waals surface area contributed by atoms with Crippen LogP contribution >= 0.6 is 0 Å². The third-order valence-electron chi connectivity index (χ3n) is 2.57. The summed E-state index contributed by atoms with van der Waals surface area (Å²) in [6.07, 6.45) is 0.952. The molecule has 1 aromatic rings. The third-order valence-corrected chi connectivity index (χ3v) is 2.57. The summed E-state index contributed by atoms with van der Waals surface area (Å²) >= 11 is 0. The van der Waals surface area contributed by atoms with Crippen molar-refractivity contribution in [3.63, 3.8) is 0 Å². The normalized spacial score (nSPS) is 11.7. The summed E-state index contributed by atoms with van der Waals surface area (Å²) in [5, 5.41) is 7.38. The largest absolute Gasteiger partial charge is 0.464 e. The lowest BCUT2D eigenvalue weighted by Crippen LogP contribution is -2.27. The van der Waals surface area contributed by atoms with Gasteiger partial charge in [-0.25, -0.2) is 9.59 Å². The van der Waals surface area contributed by atoms with E-state index in [-0.39, 0.29) is 18.9 Å². The Morgan fingerprint density at radius 3 is 2.47 bits per heavy atom. The van der Waals surface area contributed by atoms with Crippen LogP contribution in [-0.4, -0.2) is 35.9 Å². The van der Waals surface area contributed by atoms with E-state index < -0.39 is 18.0 Å². The van der Waals surface area contributed by atoms with Gasteiger partial charge in [0.2, 0.25) is 0 Å². The number of carbonyl (C=O) groups excluding carboxylic acids is 2. The maximum Gasteiger partial charge on any atom is 0.354 e. The fraction of sp³-hybridized carbons (Fsp3) is 0.462. The number of aryl methyl sites for hydroxylation is 1. The number of esters is 2. The van der Waals surface area contributed by atoms with Crippen molar-refractivity contribution in [2.24, 2.45) is 0 Å². The van der Waals surface area contributed by atoms with E-state index in [4.69, 9.17) is 14.9 Å². The number of rotatable bonds is 6. The van der Waals surface area contributed by atoms with Crippen LogP contribution in [0.1, 0.15) is 36.1 Å². The van der Waals surface area contributed by atoms with E-state index in [1.54, 1.807) is 32.9 Å². The molecule has 1 atom stereocenters. The van der Waals surface area contributed by atoms with Crippen molar-refractivity contribution in [3.8, 4) is 0 Å². The van der Waals surface area contributed by atoms with Crippen LogP contribution in [0.5, 0.6) is 0 Å². The average Bonchev–Trinajstić information content (AvgIpc) is 2.74. The minimum atomic E-state index is -0.950. The van der Waals surface area contributed by atoms with Crippen LogP contribution in [0.2, 0.25) is 0 Å². The van der Waals surface area contributed by atoms with Gasteiger partial charge in [0.25, 0.3) is 0 Å². The van der Waals surface area contributed by atoms with Crippen LogP contribution in [0.4, 0.5) is 0 Å². The van der Waals surface area contributed by atoms with Gasteiger partial charge >= 0.3 is 11.9 Å². The summed E-state index contributed by atoms with van der Waals surface area (Å²) in [4.78, 5) is 23.6. The summed E-state index contributed by atoms with van der Waals surface area (Å²) in [7, 11) is 0. The first-order chi connectivity index (χ1) is 9.06. The van der Waals surface area contributed by atoms with E-state index >= 15 is 0 Å². The minimum absolute atomic E-state index is 0.220. The number of nitrogens with one attached hydrogen (secondary N) is 1. The van der Waals surface area contributed by atoms with E-state index in [1.807, 2.05) is 0 Å².